The molecule has 0 bridgehead atoms. The number of nitrogens with one attached hydrogen (secondary N) is 1. The first-order valence-corrected chi connectivity index (χ1v) is 7.35. The van der Waals surface area contributed by atoms with Crippen LogP contribution in [0.3, 0.4) is 0 Å². The highest BCUT2D eigenvalue weighted by molar-refractivity contribution is 6.08. The quantitative estimate of drug-likeness (QED) is 0.504. The van der Waals surface area contributed by atoms with E-state index in [0.29, 0.717) is 0 Å². The van der Waals surface area contributed by atoms with E-state index in [1.165, 1.54) is 6.07 Å². The Kier molecular flexibility index (Phi) is 4.29. The van der Waals surface area contributed by atoms with Crippen LogP contribution >= 0.6 is 0 Å². The molecule has 0 radical (unpaired) electrons. The number of carbonyl (C=O) groups is 3. The van der Waals surface area contributed by atoms with E-state index in [9.17, 15) is 34.5 Å². The molecule has 1 aromatic heterocycles. The van der Waals surface area contributed by atoms with E-state index in [1.807, 2.05) is 4.98 Å². The van der Waals surface area contributed by atoms with Crippen molar-refractivity contribution in [1.29, 1.82) is 0 Å². The monoisotopic (exact) mass is 376 g/mol. The summed E-state index contributed by atoms with van der Waals surface area (Å²) in [6, 6.07) is 2.28. The smallest absolute Gasteiger partial charge is 0.342 e. The molecule has 140 valence electrons. The van der Waals surface area contributed by atoms with E-state index in [0.717, 1.165) is 6.07 Å². The van der Waals surface area contributed by atoms with Crippen molar-refractivity contribution in [1.82, 2.24) is 4.98 Å². The van der Waals surface area contributed by atoms with E-state index >= 15 is 0 Å². The van der Waals surface area contributed by atoms with Crippen LogP contribution in [0.5, 0.6) is 5.75 Å². The number of ether oxygens (including phenoxy) is 2. The standard InChI is InChI=1S/C16H12N2O9/c17-12-9(15(22)23)8(10(16(24)25)13(19)18-12)7-2-5(14(20)21)1-6-3-26-4-27-11(6)7/h1-2H,3-4H2,(H,20,21)(H,22,23)(H,24,25)(H3,17,18,19). The molecule has 1 aliphatic heterocycles. The van der Waals surface area contributed by atoms with Crippen molar-refractivity contribution in [2.24, 2.45) is 0 Å². The molecule has 0 amide bonds. The number of H-pyrrole nitrogens is 1. The lowest BCUT2D eigenvalue weighted by atomic mass is 9.91. The number of aromatic amines is 1. The lowest BCUT2D eigenvalue weighted by molar-refractivity contribution is -0.0159. The summed E-state index contributed by atoms with van der Waals surface area (Å²) >= 11 is 0. The van der Waals surface area contributed by atoms with Gasteiger partial charge in [0.1, 0.15) is 22.7 Å². The first-order valence-electron chi connectivity index (χ1n) is 7.35. The SMILES string of the molecule is Nc1[nH]c(=O)c(C(=O)O)c(-c2cc(C(=O)O)cc3c2OCOC3)c1C(=O)O. The van der Waals surface area contributed by atoms with Crippen molar-refractivity contribution in [3.63, 3.8) is 0 Å². The third-order valence-corrected chi connectivity index (χ3v) is 3.90. The summed E-state index contributed by atoms with van der Waals surface area (Å²) < 4.78 is 10.4. The van der Waals surface area contributed by atoms with Gasteiger partial charge in [0.15, 0.2) is 6.79 Å². The predicted octanol–water partition coefficient (Wildman–Crippen LogP) is 0.585. The van der Waals surface area contributed by atoms with Gasteiger partial charge in [0.05, 0.1) is 12.2 Å². The summed E-state index contributed by atoms with van der Waals surface area (Å²) in [6.07, 6.45) is 0. The number of nitrogens with two attached hydrogens (primary N) is 1. The van der Waals surface area contributed by atoms with Gasteiger partial charge in [0.2, 0.25) is 0 Å². The summed E-state index contributed by atoms with van der Waals surface area (Å²) in [5.74, 6) is -5.23. The average Bonchev–Trinajstić information content (AvgIpc) is 2.59. The predicted molar refractivity (Wildman–Crippen MR) is 88.1 cm³/mol. The van der Waals surface area contributed by atoms with Gasteiger partial charge >= 0.3 is 17.9 Å². The summed E-state index contributed by atoms with van der Waals surface area (Å²) in [5.41, 5.74) is 2.11. The van der Waals surface area contributed by atoms with Crippen LogP contribution in [-0.2, 0) is 11.3 Å². The molecule has 2 aromatic rings. The fraction of sp³-hybridized carbons (Fsp3) is 0.125. The highest BCUT2D eigenvalue weighted by Gasteiger charge is 2.31. The fourth-order valence-corrected chi connectivity index (χ4v) is 2.84. The zero-order valence-electron chi connectivity index (χ0n) is 13.4. The third-order valence-electron chi connectivity index (χ3n) is 3.90. The van der Waals surface area contributed by atoms with Gasteiger partial charge in [-0.25, -0.2) is 14.4 Å². The van der Waals surface area contributed by atoms with Crippen LogP contribution in [0.25, 0.3) is 11.1 Å². The Balaban J connectivity index is 2.52. The van der Waals surface area contributed by atoms with Crippen LogP contribution in [0.15, 0.2) is 16.9 Å². The van der Waals surface area contributed by atoms with Gasteiger partial charge in [-0.2, -0.15) is 0 Å². The second-order valence-electron chi connectivity index (χ2n) is 5.53. The topological polar surface area (TPSA) is 189 Å². The summed E-state index contributed by atoms with van der Waals surface area (Å²) in [5, 5.41) is 28.3. The van der Waals surface area contributed by atoms with Gasteiger partial charge in [-0.3, -0.25) is 4.79 Å². The van der Waals surface area contributed by atoms with Crippen LogP contribution in [0.2, 0.25) is 0 Å². The Morgan fingerprint density at radius 1 is 1.04 bits per heavy atom. The van der Waals surface area contributed by atoms with Crippen molar-refractivity contribution in [2.75, 3.05) is 12.5 Å². The maximum atomic E-state index is 12.1. The van der Waals surface area contributed by atoms with Crippen molar-refractivity contribution >= 4 is 23.7 Å². The molecule has 27 heavy (non-hydrogen) atoms. The highest BCUT2D eigenvalue weighted by Crippen LogP contribution is 2.40. The molecule has 0 unspecified atom stereocenters. The minimum absolute atomic E-state index is 0.0150. The number of hydrogen-bond donors (Lipinski definition) is 5. The molecular weight excluding hydrogens is 364 g/mol. The molecular formula is C16H12N2O9. The summed E-state index contributed by atoms with van der Waals surface area (Å²) in [7, 11) is 0. The molecule has 1 aliphatic rings. The molecule has 11 nitrogen and oxygen atoms in total. The lowest BCUT2D eigenvalue weighted by Gasteiger charge is -2.23. The second-order valence-corrected chi connectivity index (χ2v) is 5.53. The van der Waals surface area contributed by atoms with Crippen molar-refractivity contribution < 1.29 is 39.2 Å². The van der Waals surface area contributed by atoms with Crippen LogP contribution in [0, 0.1) is 0 Å². The van der Waals surface area contributed by atoms with Gasteiger partial charge < -0.3 is 35.5 Å². The van der Waals surface area contributed by atoms with E-state index in [2.05, 4.69) is 0 Å². The number of aromatic carboxylic acids is 3. The largest absolute Gasteiger partial charge is 0.478 e. The second kappa shape index (κ2) is 6.46. The molecule has 0 saturated carbocycles. The Morgan fingerprint density at radius 3 is 2.30 bits per heavy atom. The third kappa shape index (κ3) is 2.95. The number of pyridine rings is 1. The summed E-state index contributed by atoms with van der Waals surface area (Å²) in [4.78, 5) is 48.9. The Hall–Kier alpha value is -3.86. The van der Waals surface area contributed by atoms with Crippen molar-refractivity contribution in [3.05, 3.63) is 44.7 Å². The number of nitrogen functional groups attached to an aromatic ring is 1. The number of carboxylic acids is 3. The molecule has 0 spiro atoms. The molecule has 0 aliphatic carbocycles. The maximum absolute atomic E-state index is 12.1. The molecule has 2 heterocycles. The van der Waals surface area contributed by atoms with E-state index < -0.39 is 46.0 Å². The van der Waals surface area contributed by atoms with E-state index in [-0.39, 0.29) is 35.8 Å². The van der Waals surface area contributed by atoms with Crippen molar-refractivity contribution in [2.45, 2.75) is 6.61 Å². The minimum Gasteiger partial charge on any atom is -0.478 e. The number of hydrogen-bond acceptors (Lipinski definition) is 7. The molecule has 0 atom stereocenters. The number of carboxylic acid groups (broad SMARTS) is 3. The molecule has 0 fully saturated rings. The first kappa shape index (κ1) is 17.9. The average molecular weight is 376 g/mol. The molecule has 6 N–H and O–H groups in total. The number of rotatable bonds is 4. The van der Waals surface area contributed by atoms with Crippen LogP contribution in [-0.4, -0.2) is 45.0 Å². The zero-order chi connectivity index (χ0) is 19.9. The first-order chi connectivity index (χ1) is 12.7. The minimum atomic E-state index is -1.71. The number of fused-ring (bicyclic) bond motifs is 1. The van der Waals surface area contributed by atoms with E-state index in [1.54, 1.807) is 0 Å². The zero-order valence-corrected chi connectivity index (χ0v) is 13.4. The molecule has 3 rings (SSSR count). The molecule has 1 aromatic carbocycles. The van der Waals surface area contributed by atoms with Gasteiger partial charge in [-0.15, -0.1) is 0 Å². The van der Waals surface area contributed by atoms with E-state index in [4.69, 9.17) is 15.2 Å². The van der Waals surface area contributed by atoms with Gasteiger partial charge in [-0.05, 0) is 12.1 Å². The fourth-order valence-electron chi connectivity index (χ4n) is 2.84. The highest BCUT2D eigenvalue weighted by atomic mass is 16.7. The van der Waals surface area contributed by atoms with Crippen LogP contribution < -0.4 is 16.0 Å². The van der Waals surface area contributed by atoms with Gasteiger partial charge in [0.25, 0.3) is 5.56 Å². The Bertz CT molecular complexity index is 1050. The number of anilines is 1. The number of aromatic nitrogens is 1. The maximum Gasteiger partial charge on any atom is 0.342 e. The van der Waals surface area contributed by atoms with Crippen LogP contribution in [0.4, 0.5) is 5.82 Å². The lowest BCUT2D eigenvalue weighted by Crippen LogP contribution is -2.25. The molecule has 0 saturated heterocycles. The Labute approximate surface area is 149 Å². The number of benzene rings is 1. The van der Waals surface area contributed by atoms with Crippen molar-refractivity contribution in [3.8, 4) is 16.9 Å². The van der Waals surface area contributed by atoms with Crippen LogP contribution in [0.1, 0.15) is 36.6 Å². The van der Waals surface area contributed by atoms with Gasteiger partial charge in [-0.1, -0.05) is 0 Å². The Morgan fingerprint density at radius 2 is 1.70 bits per heavy atom. The normalized spacial score (nSPS) is 12.7. The molecule has 11 heteroatoms. The summed E-state index contributed by atoms with van der Waals surface area (Å²) in [6.45, 7) is -0.275. The van der Waals surface area contributed by atoms with Gasteiger partial charge in [0, 0.05) is 16.7 Å².